The van der Waals surface area contributed by atoms with E-state index in [2.05, 4.69) is 4.72 Å². The predicted octanol–water partition coefficient (Wildman–Crippen LogP) is 3.45. The SMILES string of the molecule is COc1ccc(S(=O)(=O)NC[C@@H](c2cccs2)S(=O)(=O)c2cccs2)cc1F. The second kappa shape index (κ2) is 8.29. The van der Waals surface area contributed by atoms with Crippen molar-refractivity contribution in [2.75, 3.05) is 13.7 Å². The summed E-state index contributed by atoms with van der Waals surface area (Å²) in [6, 6.07) is 9.66. The lowest BCUT2D eigenvalue weighted by molar-refractivity contribution is 0.385. The zero-order chi connectivity index (χ0) is 20.4. The zero-order valence-corrected chi connectivity index (χ0v) is 17.8. The van der Waals surface area contributed by atoms with E-state index in [0.29, 0.717) is 4.88 Å². The lowest BCUT2D eigenvalue weighted by Gasteiger charge is -2.16. The van der Waals surface area contributed by atoms with Crippen LogP contribution in [-0.4, -0.2) is 30.5 Å². The molecule has 1 atom stereocenters. The summed E-state index contributed by atoms with van der Waals surface area (Å²) in [6.45, 7) is -0.378. The third kappa shape index (κ3) is 4.28. The maximum atomic E-state index is 13.9. The van der Waals surface area contributed by atoms with Gasteiger partial charge in [0.2, 0.25) is 10.0 Å². The fourth-order valence-electron chi connectivity index (χ4n) is 2.49. The Morgan fingerprint density at radius 1 is 1.07 bits per heavy atom. The summed E-state index contributed by atoms with van der Waals surface area (Å²) < 4.78 is 72.2. The molecular formula is C17H16FNO5S4. The van der Waals surface area contributed by atoms with Gasteiger partial charge in [0.25, 0.3) is 0 Å². The molecule has 3 rings (SSSR count). The van der Waals surface area contributed by atoms with Crippen LogP contribution in [0.15, 0.2) is 62.3 Å². The Bertz CT molecular complexity index is 1140. The molecule has 0 saturated heterocycles. The third-order valence-electron chi connectivity index (χ3n) is 3.90. The standard InChI is InChI=1S/C17H16FNO5S4/c1-24-14-7-6-12(10-13(14)18)28(22,23)19-11-16(15-4-2-8-25-15)27(20,21)17-5-3-9-26-17/h2-10,16,19H,11H2,1H3/t16-/m0/s1. The molecule has 150 valence electrons. The molecule has 0 amide bonds. The number of halogens is 1. The molecular weight excluding hydrogens is 445 g/mol. The number of nitrogens with one attached hydrogen (secondary N) is 1. The largest absolute Gasteiger partial charge is 0.494 e. The van der Waals surface area contributed by atoms with Crippen LogP contribution < -0.4 is 9.46 Å². The molecule has 3 aromatic rings. The van der Waals surface area contributed by atoms with Crippen LogP contribution in [0, 0.1) is 5.82 Å². The van der Waals surface area contributed by atoms with Gasteiger partial charge in [0, 0.05) is 11.4 Å². The molecule has 2 aromatic heterocycles. The second-order valence-corrected chi connectivity index (χ2v) is 11.7. The monoisotopic (exact) mass is 461 g/mol. The van der Waals surface area contributed by atoms with Gasteiger partial charge >= 0.3 is 0 Å². The van der Waals surface area contributed by atoms with Gasteiger partial charge in [-0.15, -0.1) is 22.7 Å². The van der Waals surface area contributed by atoms with E-state index in [-0.39, 0.29) is 21.4 Å². The van der Waals surface area contributed by atoms with Crippen molar-refractivity contribution >= 4 is 42.5 Å². The van der Waals surface area contributed by atoms with Crippen molar-refractivity contribution in [3.63, 3.8) is 0 Å². The highest BCUT2D eigenvalue weighted by atomic mass is 32.2. The predicted molar refractivity (Wildman–Crippen MR) is 107 cm³/mol. The van der Waals surface area contributed by atoms with Gasteiger partial charge in [-0.25, -0.2) is 25.9 Å². The average molecular weight is 462 g/mol. The smallest absolute Gasteiger partial charge is 0.240 e. The van der Waals surface area contributed by atoms with Gasteiger partial charge in [0.1, 0.15) is 9.46 Å². The van der Waals surface area contributed by atoms with Gasteiger partial charge in [-0.1, -0.05) is 12.1 Å². The molecule has 0 aliphatic heterocycles. The Labute approximate surface area is 170 Å². The van der Waals surface area contributed by atoms with Crippen LogP contribution in [0.2, 0.25) is 0 Å². The fourth-order valence-corrected chi connectivity index (χ4v) is 7.64. The minimum absolute atomic E-state index is 0.0873. The van der Waals surface area contributed by atoms with Crippen LogP contribution in [0.4, 0.5) is 4.39 Å². The Morgan fingerprint density at radius 2 is 1.79 bits per heavy atom. The van der Waals surface area contributed by atoms with Crippen molar-refractivity contribution in [2.24, 2.45) is 0 Å². The van der Waals surface area contributed by atoms with Crippen LogP contribution in [0.25, 0.3) is 0 Å². The van der Waals surface area contributed by atoms with E-state index in [0.717, 1.165) is 17.4 Å². The molecule has 11 heteroatoms. The molecule has 6 nitrogen and oxygen atoms in total. The molecule has 0 aliphatic carbocycles. The van der Waals surface area contributed by atoms with Crippen molar-refractivity contribution in [3.05, 3.63) is 63.9 Å². The highest BCUT2D eigenvalue weighted by molar-refractivity contribution is 7.94. The molecule has 0 fully saturated rings. The fraction of sp³-hybridized carbons (Fsp3) is 0.176. The number of methoxy groups -OCH3 is 1. The van der Waals surface area contributed by atoms with Crippen molar-refractivity contribution in [2.45, 2.75) is 14.4 Å². The average Bonchev–Trinajstić information content (AvgIpc) is 3.36. The zero-order valence-electron chi connectivity index (χ0n) is 14.5. The highest BCUT2D eigenvalue weighted by Gasteiger charge is 2.32. The molecule has 0 unspecified atom stereocenters. The van der Waals surface area contributed by atoms with E-state index in [1.165, 1.54) is 36.6 Å². The number of benzene rings is 1. The number of hydrogen-bond donors (Lipinski definition) is 1. The first-order valence-electron chi connectivity index (χ1n) is 7.89. The van der Waals surface area contributed by atoms with E-state index in [1.54, 1.807) is 29.0 Å². The lowest BCUT2D eigenvalue weighted by atomic mass is 10.3. The van der Waals surface area contributed by atoms with Gasteiger partial charge in [0.15, 0.2) is 21.4 Å². The van der Waals surface area contributed by atoms with Crippen molar-refractivity contribution in [3.8, 4) is 5.75 Å². The van der Waals surface area contributed by atoms with E-state index in [9.17, 15) is 21.2 Å². The van der Waals surface area contributed by atoms with Crippen molar-refractivity contribution in [1.29, 1.82) is 0 Å². The Balaban J connectivity index is 1.89. The second-order valence-electron chi connectivity index (χ2n) is 5.63. The maximum absolute atomic E-state index is 13.9. The van der Waals surface area contributed by atoms with E-state index in [4.69, 9.17) is 4.74 Å². The molecule has 1 N–H and O–H groups in total. The van der Waals surface area contributed by atoms with Crippen molar-refractivity contribution in [1.82, 2.24) is 4.72 Å². The number of ether oxygens (including phenoxy) is 1. The van der Waals surface area contributed by atoms with E-state index < -0.39 is 30.9 Å². The summed E-state index contributed by atoms with van der Waals surface area (Å²) >= 11 is 2.29. The summed E-state index contributed by atoms with van der Waals surface area (Å²) in [5.74, 6) is -0.915. The van der Waals surface area contributed by atoms with Crippen molar-refractivity contribution < 1.29 is 26.0 Å². The molecule has 1 aromatic carbocycles. The minimum Gasteiger partial charge on any atom is -0.494 e. The first-order valence-corrected chi connectivity index (χ1v) is 12.7. The molecule has 0 spiro atoms. The van der Waals surface area contributed by atoms with Crippen LogP contribution in [0.5, 0.6) is 5.75 Å². The first kappa shape index (κ1) is 20.9. The topological polar surface area (TPSA) is 89.5 Å². The molecule has 28 heavy (non-hydrogen) atoms. The maximum Gasteiger partial charge on any atom is 0.240 e. The normalized spacial score (nSPS) is 13.4. The third-order valence-corrected chi connectivity index (χ3v) is 9.97. The summed E-state index contributed by atoms with van der Waals surface area (Å²) in [6.07, 6.45) is 0. The summed E-state index contributed by atoms with van der Waals surface area (Å²) in [5, 5.41) is 2.27. The number of thiophene rings is 2. The first-order chi connectivity index (χ1) is 13.3. The minimum atomic E-state index is -4.12. The number of rotatable bonds is 8. The Morgan fingerprint density at radius 3 is 2.36 bits per heavy atom. The van der Waals surface area contributed by atoms with Crippen LogP contribution in [0.1, 0.15) is 10.1 Å². The molecule has 0 saturated carbocycles. The Kier molecular flexibility index (Phi) is 6.20. The van der Waals surface area contributed by atoms with Gasteiger partial charge in [-0.2, -0.15) is 0 Å². The van der Waals surface area contributed by atoms with E-state index >= 15 is 0 Å². The molecule has 0 radical (unpaired) electrons. The molecule has 0 aliphatic rings. The molecule has 2 heterocycles. The number of hydrogen-bond acceptors (Lipinski definition) is 7. The van der Waals surface area contributed by atoms with Gasteiger partial charge in [-0.3, -0.25) is 0 Å². The summed E-state index contributed by atoms with van der Waals surface area (Å²) in [4.78, 5) is 0.196. The van der Waals surface area contributed by atoms with Crippen LogP contribution >= 0.6 is 22.7 Å². The quantitative estimate of drug-likeness (QED) is 0.555. The van der Waals surface area contributed by atoms with Gasteiger partial charge in [0.05, 0.1) is 12.0 Å². The molecule has 0 bridgehead atoms. The lowest BCUT2D eigenvalue weighted by Crippen LogP contribution is -2.31. The summed E-state index contributed by atoms with van der Waals surface area (Å²) in [7, 11) is -6.65. The van der Waals surface area contributed by atoms with Gasteiger partial charge in [-0.05, 0) is 41.1 Å². The number of sulfonamides is 1. The highest BCUT2D eigenvalue weighted by Crippen LogP contribution is 2.33. The van der Waals surface area contributed by atoms with E-state index in [1.807, 2.05) is 0 Å². The van der Waals surface area contributed by atoms with Gasteiger partial charge < -0.3 is 4.74 Å². The Hall–Kier alpha value is -1.79. The van der Waals surface area contributed by atoms with Crippen LogP contribution in [-0.2, 0) is 19.9 Å². The van der Waals surface area contributed by atoms with Crippen LogP contribution in [0.3, 0.4) is 0 Å². The number of sulfone groups is 1. The summed E-state index contributed by atoms with van der Waals surface area (Å²) in [5.41, 5.74) is 0.